The number of thiocarbonyl (C=S) groups is 1. The van der Waals surface area contributed by atoms with Gasteiger partial charge in [0, 0.05) is 0 Å². The zero-order valence-electron chi connectivity index (χ0n) is 12.8. The van der Waals surface area contributed by atoms with Crippen molar-refractivity contribution >= 4 is 45.4 Å². The van der Waals surface area contributed by atoms with Crippen LogP contribution in [0.1, 0.15) is 26.3 Å². The lowest BCUT2D eigenvalue weighted by atomic mass is 9.97. The van der Waals surface area contributed by atoms with Gasteiger partial charge in [-0.2, -0.15) is 5.10 Å². The van der Waals surface area contributed by atoms with Crippen LogP contribution in [0.5, 0.6) is 11.5 Å². The van der Waals surface area contributed by atoms with Crippen LogP contribution in [0, 0.1) is 5.41 Å². The van der Waals surface area contributed by atoms with E-state index in [-0.39, 0.29) is 11.1 Å². The first-order valence-corrected chi connectivity index (χ1v) is 7.53. The fourth-order valence-electron chi connectivity index (χ4n) is 1.33. The van der Waals surface area contributed by atoms with E-state index in [1.165, 1.54) is 13.3 Å². The molecular formula is C14H18BrN3O3S. The number of nitrogens with zero attached hydrogens (tertiary/aromatic N) is 1. The van der Waals surface area contributed by atoms with Crippen LogP contribution in [0.3, 0.4) is 0 Å². The van der Waals surface area contributed by atoms with E-state index in [4.69, 9.17) is 15.2 Å². The van der Waals surface area contributed by atoms with Gasteiger partial charge in [-0.3, -0.25) is 10.2 Å². The van der Waals surface area contributed by atoms with E-state index in [1.807, 2.05) is 0 Å². The SMILES string of the molecule is COc1cc(/C=N/NC(N)=S)cc(Br)c1OC(=O)C(C)(C)C. The second-order valence-electron chi connectivity index (χ2n) is 5.41. The fourth-order valence-corrected chi connectivity index (χ4v) is 1.92. The summed E-state index contributed by atoms with van der Waals surface area (Å²) >= 11 is 8.01. The van der Waals surface area contributed by atoms with Crippen LogP contribution in [-0.4, -0.2) is 24.4 Å². The monoisotopic (exact) mass is 387 g/mol. The van der Waals surface area contributed by atoms with Gasteiger partial charge in [-0.05, 0) is 66.6 Å². The van der Waals surface area contributed by atoms with E-state index in [1.54, 1.807) is 32.9 Å². The normalized spacial score (nSPS) is 11.3. The van der Waals surface area contributed by atoms with Gasteiger partial charge in [-0.25, -0.2) is 0 Å². The van der Waals surface area contributed by atoms with Crippen molar-refractivity contribution in [3.8, 4) is 11.5 Å². The maximum absolute atomic E-state index is 12.0. The Bertz CT molecular complexity index is 612. The van der Waals surface area contributed by atoms with Crippen LogP contribution in [0.15, 0.2) is 21.7 Å². The summed E-state index contributed by atoms with van der Waals surface area (Å²) in [5.74, 6) is 0.369. The lowest BCUT2D eigenvalue weighted by molar-refractivity contribution is -0.143. The van der Waals surface area contributed by atoms with E-state index in [2.05, 4.69) is 38.7 Å². The molecule has 0 unspecified atom stereocenters. The Labute approximate surface area is 143 Å². The number of nitrogens with two attached hydrogens (primary N) is 1. The van der Waals surface area contributed by atoms with Crippen LogP contribution in [0.2, 0.25) is 0 Å². The highest BCUT2D eigenvalue weighted by Gasteiger charge is 2.26. The molecule has 0 spiro atoms. The number of methoxy groups -OCH3 is 1. The Morgan fingerprint density at radius 1 is 1.45 bits per heavy atom. The lowest BCUT2D eigenvalue weighted by Crippen LogP contribution is -2.26. The van der Waals surface area contributed by atoms with Gasteiger partial charge in [0.1, 0.15) is 0 Å². The molecule has 0 radical (unpaired) electrons. The molecule has 1 aromatic rings. The second-order valence-corrected chi connectivity index (χ2v) is 6.70. The first-order chi connectivity index (χ1) is 10.1. The van der Waals surface area contributed by atoms with Gasteiger partial charge >= 0.3 is 5.97 Å². The standard InChI is InChI=1S/C14H18BrN3O3S/c1-14(2,3)12(19)21-11-9(15)5-8(6-10(11)20-4)7-17-18-13(16)22/h5-7H,1-4H3,(H3,16,18,22)/b17-7+. The molecule has 0 aliphatic heterocycles. The van der Waals surface area contributed by atoms with Gasteiger partial charge in [0.05, 0.1) is 23.2 Å². The number of halogens is 1. The Kier molecular flexibility index (Phi) is 6.31. The summed E-state index contributed by atoms with van der Waals surface area (Å²) in [5.41, 5.74) is 7.82. The first-order valence-electron chi connectivity index (χ1n) is 6.33. The number of carbonyl (C=O) groups excluding carboxylic acids is 1. The van der Waals surface area contributed by atoms with Gasteiger partial charge in [0.2, 0.25) is 0 Å². The smallest absolute Gasteiger partial charge is 0.316 e. The molecule has 0 heterocycles. The molecule has 0 aliphatic rings. The average molecular weight is 388 g/mol. The quantitative estimate of drug-likeness (QED) is 0.271. The van der Waals surface area contributed by atoms with Crippen molar-refractivity contribution in [2.75, 3.05) is 7.11 Å². The van der Waals surface area contributed by atoms with Gasteiger partial charge in [-0.1, -0.05) is 0 Å². The topological polar surface area (TPSA) is 85.9 Å². The van der Waals surface area contributed by atoms with Crippen molar-refractivity contribution in [3.05, 3.63) is 22.2 Å². The molecule has 1 aromatic carbocycles. The molecule has 0 bridgehead atoms. The summed E-state index contributed by atoms with van der Waals surface area (Å²) < 4.78 is 11.3. The van der Waals surface area contributed by atoms with E-state index >= 15 is 0 Å². The van der Waals surface area contributed by atoms with Crippen molar-refractivity contribution in [1.82, 2.24) is 5.43 Å². The highest BCUT2D eigenvalue weighted by molar-refractivity contribution is 9.10. The second kappa shape index (κ2) is 7.55. The predicted octanol–water partition coefficient (Wildman–Crippen LogP) is 2.58. The first kappa shape index (κ1) is 18.4. The molecule has 0 saturated carbocycles. The highest BCUT2D eigenvalue weighted by Crippen LogP contribution is 2.37. The molecule has 0 aromatic heterocycles. The summed E-state index contributed by atoms with van der Waals surface area (Å²) in [5, 5.41) is 3.93. The number of hydrogen-bond donors (Lipinski definition) is 2. The van der Waals surface area contributed by atoms with Crippen LogP contribution in [0.25, 0.3) is 0 Å². The summed E-state index contributed by atoms with van der Waals surface area (Å²) in [6, 6.07) is 3.42. The predicted molar refractivity (Wildman–Crippen MR) is 93.3 cm³/mol. The minimum absolute atomic E-state index is 0.0676. The molecule has 8 heteroatoms. The maximum atomic E-state index is 12.0. The van der Waals surface area contributed by atoms with E-state index in [9.17, 15) is 4.79 Å². The van der Waals surface area contributed by atoms with Crippen LogP contribution >= 0.6 is 28.1 Å². The van der Waals surface area contributed by atoms with Crippen LogP contribution < -0.4 is 20.6 Å². The van der Waals surface area contributed by atoms with Crippen LogP contribution in [0.4, 0.5) is 0 Å². The van der Waals surface area contributed by atoms with Crippen molar-refractivity contribution in [3.63, 3.8) is 0 Å². The Morgan fingerprint density at radius 3 is 2.59 bits per heavy atom. The Hall–Kier alpha value is -1.67. The van der Waals surface area contributed by atoms with Gasteiger partial charge < -0.3 is 15.2 Å². The molecule has 0 fully saturated rings. The number of hydrazone groups is 1. The zero-order chi connectivity index (χ0) is 16.9. The third-order valence-corrected chi connectivity index (χ3v) is 3.13. The average Bonchev–Trinajstić information content (AvgIpc) is 2.39. The van der Waals surface area contributed by atoms with Crippen molar-refractivity contribution < 1.29 is 14.3 Å². The fraction of sp³-hybridized carbons (Fsp3) is 0.357. The number of carbonyl (C=O) groups is 1. The van der Waals surface area contributed by atoms with Crippen molar-refractivity contribution in [2.45, 2.75) is 20.8 Å². The van der Waals surface area contributed by atoms with Gasteiger partial charge in [0.25, 0.3) is 0 Å². The molecule has 0 amide bonds. The number of benzene rings is 1. The molecule has 0 atom stereocenters. The summed E-state index contributed by atoms with van der Waals surface area (Å²) in [6.07, 6.45) is 1.52. The van der Waals surface area contributed by atoms with Gasteiger partial charge in [-0.15, -0.1) is 0 Å². The molecular weight excluding hydrogens is 370 g/mol. The van der Waals surface area contributed by atoms with E-state index in [0.29, 0.717) is 21.5 Å². The highest BCUT2D eigenvalue weighted by atomic mass is 79.9. The van der Waals surface area contributed by atoms with Crippen molar-refractivity contribution in [2.24, 2.45) is 16.3 Å². The zero-order valence-corrected chi connectivity index (χ0v) is 15.2. The summed E-state index contributed by atoms with van der Waals surface area (Å²) in [4.78, 5) is 12.0. The molecule has 3 N–H and O–H groups in total. The molecule has 6 nitrogen and oxygen atoms in total. The number of esters is 1. The Balaban J connectivity index is 3.08. The van der Waals surface area contributed by atoms with E-state index < -0.39 is 5.41 Å². The number of hydrogen-bond acceptors (Lipinski definition) is 5. The van der Waals surface area contributed by atoms with Crippen molar-refractivity contribution in [1.29, 1.82) is 0 Å². The number of ether oxygens (including phenoxy) is 2. The number of rotatable bonds is 4. The largest absolute Gasteiger partial charge is 0.493 e. The summed E-state index contributed by atoms with van der Waals surface area (Å²) in [6.45, 7) is 5.33. The number of nitrogens with one attached hydrogen (secondary N) is 1. The minimum Gasteiger partial charge on any atom is -0.493 e. The minimum atomic E-state index is -0.620. The Morgan fingerprint density at radius 2 is 2.09 bits per heavy atom. The molecule has 120 valence electrons. The summed E-state index contributed by atoms with van der Waals surface area (Å²) in [7, 11) is 1.49. The van der Waals surface area contributed by atoms with E-state index in [0.717, 1.165) is 0 Å². The third kappa shape index (κ3) is 5.27. The maximum Gasteiger partial charge on any atom is 0.316 e. The molecule has 0 saturated heterocycles. The van der Waals surface area contributed by atoms with Crippen LogP contribution in [-0.2, 0) is 4.79 Å². The third-order valence-electron chi connectivity index (χ3n) is 2.45. The molecule has 1 rings (SSSR count). The molecule has 0 aliphatic carbocycles. The molecule has 22 heavy (non-hydrogen) atoms. The van der Waals surface area contributed by atoms with Gasteiger partial charge in [0.15, 0.2) is 16.6 Å². The lowest BCUT2D eigenvalue weighted by Gasteiger charge is -2.18.